The first kappa shape index (κ1) is 26.6. The Hall–Kier alpha value is -3.05. The Morgan fingerprint density at radius 2 is 1.74 bits per heavy atom. The molecule has 3 aromatic rings. The van der Waals surface area contributed by atoms with Crippen LogP contribution >= 0.6 is 0 Å². The monoisotopic (exact) mass is 514 g/mol. The van der Waals surface area contributed by atoms with Crippen molar-refractivity contribution in [1.82, 2.24) is 4.57 Å². The second-order valence-electron chi connectivity index (χ2n) is 11.5. The summed E-state index contributed by atoms with van der Waals surface area (Å²) < 4.78 is 7.58. The van der Waals surface area contributed by atoms with E-state index in [0.29, 0.717) is 11.8 Å². The smallest absolute Gasteiger partial charge is 0.230 e. The fourth-order valence-electron chi connectivity index (χ4n) is 6.44. The molecule has 2 aliphatic carbocycles. The predicted molar refractivity (Wildman–Crippen MR) is 153 cm³/mol. The van der Waals surface area contributed by atoms with E-state index in [9.17, 15) is 9.90 Å². The Kier molecular flexibility index (Phi) is 8.23. The molecule has 0 saturated heterocycles. The zero-order valence-corrected chi connectivity index (χ0v) is 23.1. The number of carbonyl (C=O) groups excluding carboxylic acids is 1. The third kappa shape index (κ3) is 5.99. The van der Waals surface area contributed by atoms with Gasteiger partial charge in [0.1, 0.15) is 5.75 Å². The quantitative estimate of drug-likeness (QED) is 0.371. The summed E-state index contributed by atoms with van der Waals surface area (Å²) in [6.07, 6.45) is 11.5. The molecule has 2 saturated carbocycles. The van der Waals surface area contributed by atoms with Gasteiger partial charge in [0.25, 0.3) is 0 Å². The summed E-state index contributed by atoms with van der Waals surface area (Å²) in [6, 6.07) is 17.1. The molecular formula is C33H42N2O3. The molecule has 0 spiro atoms. The van der Waals surface area contributed by atoms with E-state index in [1.54, 1.807) is 7.11 Å². The number of anilines is 1. The Bertz CT molecular complexity index is 1230. The second kappa shape index (κ2) is 11.8. The number of aliphatic hydroxyl groups excluding tert-OH is 1. The summed E-state index contributed by atoms with van der Waals surface area (Å²) in [4.78, 5) is 16.0. The van der Waals surface area contributed by atoms with Crippen LogP contribution in [0.3, 0.4) is 0 Å². The lowest BCUT2D eigenvalue weighted by Crippen LogP contribution is -2.41. The highest BCUT2D eigenvalue weighted by atomic mass is 16.5. The van der Waals surface area contributed by atoms with Crippen LogP contribution in [-0.2, 0) is 4.79 Å². The number of carbonyl (C=O) groups is 1. The van der Waals surface area contributed by atoms with Crippen LogP contribution in [0, 0.1) is 25.7 Å². The van der Waals surface area contributed by atoms with Crippen molar-refractivity contribution in [1.29, 1.82) is 0 Å². The fraction of sp³-hybridized carbons (Fsp3) is 0.485. The molecule has 5 heteroatoms. The molecule has 38 heavy (non-hydrogen) atoms. The number of hydrogen-bond donors (Lipinski definition) is 1. The zero-order chi connectivity index (χ0) is 26.6. The molecule has 0 radical (unpaired) electrons. The molecule has 1 aromatic heterocycles. The molecule has 2 fully saturated rings. The van der Waals surface area contributed by atoms with Gasteiger partial charge in [-0.25, -0.2) is 0 Å². The average Bonchev–Trinajstić information content (AvgIpc) is 3.38. The Morgan fingerprint density at radius 1 is 0.974 bits per heavy atom. The summed E-state index contributed by atoms with van der Waals surface area (Å²) in [7, 11) is 1.73. The minimum Gasteiger partial charge on any atom is -0.496 e. The molecule has 0 bridgehead atoms. The maximum atomic E-state index is 13.9. The Balaban J connectivity index is 1.32. The molecule has 5 rings (SSSR count). The lowest BCUT2D eigenvalue weighted by molar-refractivity contribution is -0.124. The highest BCUT2D eigenvalue weighted by molar-refractivity contribution is 5.95. The van der Waals surface area contributed by atoms with Crippen molar-refractivity contribution in [2.24, 2.45) is 11.8 Å². The van der Waals surface area contributed by atoms with E-state index in [4.69, 9.17) is 4.74 Å². The number of methoxy groups -OCH3 is 1. The first-order valence-electron chi connectivity index (χ1n) is 14.3. The van der Waals surface area contributed by atoms with Crippen molar-refractivity contribution < 1.29 is 14.6 Å². The molecule has 0 atom stereocenters. The molecule has 1 heterocycles. The number of hydrogen-bond acceptors (Lipinski definition) is 3. The lowest BCUT2D eigenvalue weighted by atomic mass is 9.78. The van der Waals surface area contributed by atoms with Crippen molar-refractivity contribution in [3.8, 4) is 11.4 Å². The molecule has 202 valence electrons. The summed E-state index contributed by atoms with van der Waals surface area (Å²) in [5, 5.41) is 10.0. The van der Waals surface area contributed by atoms with Crippen LogP contribution in [0.4, 0.5) is 5.69 Å². The van der Waals surface area contributed by atoms with Crippen LogP contribution in [0.2, 0.25) is 0 Å². The largest absolute Gasteiger partial charge is 0.496 e. The van der Waals surface area contributed by atoms with Crippen LogP contribution in [0.15, 0.2) is 60.9 Å². The maximum absolute atomic E-state index is 13.9. The van der Waals surface area contributed by atoms with E-state index in [-0.39, 0.29) is 17.9 Å². The molecule has 2 aromatic carbocycles. The summed E-state index contributed by atoms with van der Waals surface area (Å²) >= 11 is 0. The maximum Gasteiger partial charge on any atom is 0.230 e. The summed E-state index contributed by atoms with van der Waals surface area (Å²) in [5.41, 5.74) is 5.88. The average molecular weight is 515 g/mol. The standard InChI is InChI=1S/C33H42N2O3/c1-23-17-18-34(21-23)29-5-4-6-30(20-29)35(33(37)27-11-14-31(36)15-12-27)22-25-7-9-26(10-8-25)28-13-16-32(38-3)24(2)19-28/h4-6,13,16-21,25-27,31,36H,7-12,14-15,22H2,1-3H3. The third-order valence-electron chi connectivity index (χ3n) is 8.77. The topological polar surface area (TPSA) is 54.7 Å². The van der Waals surface area contributed by atoms with E-state index in [0.717, 1.165) is 75.0 Å². The van der Waals surface area contributed by atoms with Gasteiger partial charge in [-0.2, -0.15) is 0 Å². The fourth-order valence-corrected chi connectivity index (χ4v) is 6.44. The van der Waals surface area contributed by atoms with Crippen molar-refractivity contribution in [2.45, 2.75) is 77.2 Å². The van der Waals surface area contributed by atoms with E-state index < -0.39 is 0 Å². The van der Waals surface area contributed by atoms with Crippen molar-refractivity contribution in [2.75, 3.05) is 18.6 Å². The third-order valence-corrected chi connectivity index (χ3v) is 8.77. The lowest BCUT2D eigenvalue weighted by Gasteiger charge is -2.36. The minimum atomic E-state index is -0.260. The number of nitrogens with zero attached hydrogens (tertiary/aromatic N) is 2. The first-order valence-corrected chi connectivity index (χ1v) is 14.3. The van der Waals surface area contributed by atoms with Crippen molar-refractivity contribution in [3.63, 3.8) is 0 Å². The van der Waals surface area contributed by atoms with Gasteiger partial charge in [0.15, 0.2) is 0 Å². The van der Waals surface area contributed by atoms with Gasteiger partial charge in [-0.1, -0.05) is 18.2 Å². The molecule has 0 unspecified atom stereocenters. The second-order valence-corrected chi connectivity index (χ2v) is 11.5. The van der Waals surface area contributed by atoms with Crippen LogP contribution < -0.4 is 9.64 Å². The van der Waals surface area contributed by atoms with Gasteiger partial charge in [-0.15, -0.1) is 0 Å². The van der Waals surface area contributed by atoms with E-state index in [2.05, 4.69) is 84.2 Å². The van der Waals surface area contributed by atoms with E-state index in [1.807, 2.05) is 0 Å². The Morgan fingerprint density at radius 3 is 2.39 bits per heavy atom. The summed E-state index contributed by atoms with van der Waals surface area (Å²) in [6.45, 7) is 4.97. The molecular weight excluding hydrogens is 472 g/mol. The minimum absolute atomic E-state index is 0.00510. The highest BCUT2D eigenvalue weighted by Crippen LogP contribution is 2.38. The number of aryl methyl sites for hydroxylation is 2. The number of rotatable bonds is 7. The number of aromatic nitrogens is 1. The molecule has 5 nitrogen and oxygen atoms in total. The highest BCUT2D eigenvalue weighted by Gasteiger charge is 2.32. The number of aliphatic hydroxyl groups is 1. The SMILES string of the molecule is COc1ccc(C2CCC(CN(C(=O)C3CCC(O)CC3)c3cccc(-n4ccc(C)c4)c3)CC2)cc1C. The first-order chi connectivity index (χ1) is 18.4. The molecule has 1 N–H and O–H groups in total. The summed E-state index contributed by atoms with van der Waals surface area (Å²) in [5.74, 6) is 2.23. The molecule has 2 aliphatic rings. The Labute approximate surface area is 227 Å². The molecule has 1 amide bonds. The number of amides is 1. The van der Waals surface area contributed by atoms with Gasteiger partial charge in [0.05, 0.1) is 13.2 Å². The van der Waals surface area contributed by atoms with E-state index in [1.165, 1.54) is 16.7 Å². The van der Waals surface area contributed by atoms with Gasteiger partial charge in [0.2, 0.25) is 5.91 Å². The van der Waals surface area contributed by atoms with Crippen LogP contribution in [-0.4, -0.2) is 35.3 Å². The molecule has 0 aliphatic heterocycles. The van der Waals surface area contributed by atoms with Gasteiger partial charge >= 0.3 is 0 Å². The number of ether oxygens (including phenoxy) is 1. The van der Waals surface area contributed by atoms with Gasteiger partial charge in [-0.3, -0.25) is 4.79 Å². The van der Waals surface area contributed by atoms with Crippen molar-refractivity contribution >= 4 is 11.6 Å². The van der Waals surface area contributed by atoms with Crippen LogP contribution in [0.1, 0.15) is 74.0 Å². The van der Waals surface area contributed by atoms with Crippen molar-refractivity contribution in [3.05, 3.63) is 77.6 Å². The predicted octanol–water partition coefficient (Wildman–Crippen LogP) is 6.96. The van der Waals surface area contributed by atoms with Gasteiger partial charge in [-0.05, 0) is 124 Å². The van der Waals surface area contributed by atoms with Crippen LogP contribution in [0.25, 0.3) is 5.69 Å². The number of benzene rings is 2. The zero-order valence-electron chi connectivity index (χ0n) is 23.1. The van der Waals surface area contributed by atoms with E-state index >= 15 is 0 Å². The van der Waals surface area contributed by atoms with Crippen LogP contribution in [0.5, 0.6) is 5.75 Å². The normalized spacial score (nSPS) is 23.7. The van der Waals surface area contributed by atoms with Gasteiger partial charge in [0, 0.05) is 36.2 Å². The van der Waals surface area contributed by atoms with Gasteiger partial charge < -0.3 is 19.3 Å².